The van der Waals surface area contributed by atoms with E-state index in [0.717, 1.165) is 11.3 Å². The first-order valence-corrected chi connectivity index (χ1v) is 6.54. The number of furan rings is 1. The van der Waals surface area contributed by atoms with Gasteiger partial charge in [-0.2, -0.15) is 0 Å². The molecule has 0 saturated heterocycles. The lowest BCUT2D eigenvalue weighted by atomic mass is 10.1. The normalized spacial score (nSPS) is 11.2. The molecule has 20 heavy (non-hydrogen) atoms. The Balaban J connectivity index is 1.89. The van der Waals surface area contributed by atoms with E-state index in [0.29, 0.717) is 12.3 Å². The summed E-state index contributed by atoms with van der Waals surface area (Å²) in [6, 6.07) is 11.0. The van der Waals surface area contributed by atoms with E-state index in [9.17, 15) is 4.79 Å². The highest BCUT2D eigenvalue weighted by Crippen LogP contribution is 2.18. The lowest BCUT2D eigenvalue weighted by Crippen LogP contribution is -2.23. The number of rotatable bonds is 4. The van der Waals surface area contributed by atoms with Crippen LogP contribution < -0.4 is 10.1 Å². The quantitative estimate of drug-likeness (QED) is 0.929. The van der Waals surface area contributed by atoms with Gasteiger partial charge < -0.3 is 14.5 Å². The van der Waals surface area contributed by atoms with Crippen molar-refractivity contribution in [1.29, 1.82) is 0 Å². The minimum absolute atomic E-state index is 0.213. The van der Waals surface area contributed by atoms with Crippen LogP contribution in [0.15, 0.2) is 47.1 Å². The maximum atomic E-state index is 11.7. The number of hydrogen-bond acceptors (Lipinski definition) is 3. The molecule has 1 N–H and O–H groups in total. The molecule has 0 atom stereocenters. The Morgan fingerprint density at radius 3 is 2.45 bits per heavy atom. The van der Waals surface area contributed by atoms with Crippen molar-refractivity contribution in [2.24, 2.45) is 0 Å². The van der Waals surface area contributed by atoms with Gasteiger partial charge in [-0.25, -0.2) is 0 Å². The summed E-state index contributed by atoms with van der Waals surface area (Å²) in [6.45, 7) is 6.47. The number of hydrogen-bond donors (Lipinski definition) is 1. The van der Waals surface area contributed by atoms with Crippen LogP contribution in [0.5, 0.6) is 5.75 Å². The Bertz CT molecular complexity index is 550. The smallest absolute Gasteiger partial charge is 0.287 e. The van der Waals surface area contributed by atoms with E-state index in [1.165, 1.54) is 6.26 Å². The number of ether oxygens (including phenoxy) is 1. The summed E-state index contributed by atoms with van der Waals surface area (Å²) in [6.07, 6.45) is 1.48. The number of carbonyl (C=O) groups is 1. The Hall–Kier alpha value is -2.23. The fraction of sp³-hybridized carbons (Fsp3) is 0.312. The fourth-order valence-corrected chi connectivity index (χ4v) is 1.71. The zero-order valence-corrected chi connectivity index (χ0v) is 12.0. The molecule has 0 radical (unpaired) electrons. The molecule has 1 aromatic heterocycles. The largest absolute Gasteiger partial charge is 0.488 e. The van der Waals surface area contributed by atoms with E-state index in [1.54, 1.807) is 12.1 Å². The van der Waals surface area contributed by atoms with Gasteiger partial charge in [0.2, 0.25) is 0 Å². The van der Waals surface area contributed by atoms with Gasteiger partial charge in [-0.3, -0.25) is 4.79 Å². The van der Waals surface area contributed by atoms with Crippen LogP contribution in [0.4, 0.5) is 0 Å². The monoisotopic (exact) mass is 273 g/mol. The summed E-state index contributed by atoms with van der Waals surface area (Å²) in [4.78, 5) is 11.7. The van der Waals surface area contributed by atoms with E-state index in [4.69, 9.17) is 9.15 Å². The molecule has 0 fully saturated rings. The zero-order valence-electron chi connectivity index (χ0n) is 12.0. The highest BCUT2D eigenvalue weighted by atomic mass is 16.5. The topological polar surface area (TPSA) is 51.5 Å². The first-order chi connectivity index (χ1) is 9.44. The predicted molar refractivity (Wildman–Crippen MR) is 76.7 cm³/mol. The molecule has 0 bridgehead atoms. The Kier molecular flexibility index (Phi) is 4.13. The predicted octanol–water partition coefficient (Wildman–Crippen LogP) is 3.39. The lowest BCUT2D eigenvalue weighted by Gasteiger charge is -2.21. The second-order valence-corrected chi connectivity index (χ2v) is 5.52. The van der Waals surface area contributed by atoms with Crippen molar-refractivity contribution in [3.05, 3.63) is 54.0 Å². The minimum Gasteiger partial charge on any atom is -0.488 e. The Labute approximate surface area is 118 Å². The van der Waals surface area contributed by atoms with Crippen molar-refractivity contribution in [1.82, 2.24) is 5.32 Å². The second kappa shape index (κ2) is 5.82. The molecule has 106 valence electrons. The Morgan fingerprint density at radius 1 is 1.20 bits per heavy atom. The molecule has 1 heterocycles. The van der Waals surface area contributed by atoms with Gasteiger partial charge in [0, 0.05) is 6.54 Å². The number of nitrogens with one attached hydrogen (secondary N) is 1. The molecule has 1 aromatic carbocycles. The summed E-state index contributed by atoms with van der Waals surface area (Å²) in [5.74, 6) is 0.918. The van der Waals surface area contributed by atoms with E-state index in [-0.39, 0.29) is 11.5 Å². The molecular formula is C16H19NO3. The summed E-state index contributed by atoms with van der Waals surface area (Å²) < 4.78 is 10.8. The molecule has 2 aromatic rings. The lowest BCUT2D eigenvalue weighted by molar-refractivity contribution is 0.0923. The standard InChI is InChI=1S/C16H19NO3/c1-16(2,3)20-13-8-6-12(7-9-13)11-17-15(18)14-5-4-10-19-14/h4-10H,11H2,1-3H3,(H,17,18). The van der Waals surface area contributed by atoms with Crippen LogP contribution in [0.2, 0.25) is 0 Å². The number of amides is 1. The van der Waals surface area contributed by atoms with Crippen molar-refractivity contribution in [2.45, 2.75) is 32.9 Å². The van der Waals surface area contributed by atoms with Crippen LogP contribution >= 0.6 is 0 Å². The molecule has 4 heteroatoms. The molecule has 0 saturated carbocycles. The summed E-state index contributed by atoms with van der Waals surface area (Å²) >= 11 is 0. The maximum Gasteiger partial charge on any atom is 0.287 e. The van der Waals surface area contributed by atoms with Crippen molar-refractivity contribution in [3.63, 3.8) is 0 Å². The third kappa shape index (κ3) is 4.16. The fourth-order valence-electron chi connectivity index (χ4n) is 1.71. The molecule has 0 spiro atoms. The van der Waals surface area contributed by atoms with Crippen molar-refractivity contribution in [2.75, 3.05) is 0 Å². The molecule has 0 aliphatic carbocycles. The van der Waals surface area contributed by atoms with E-state index < -0.39 is 0 Å². The van der Waals surface area contributed by atoms with Crippen LogP contribution in [-0.2, 0) is 6.54 Å². The summed E-state index contributed by atoms with van der Waals surface area (Å²) in [7, 11) is 0. The van der Waals surface area contributed by atoms with Crippen LogP contribution in [0.1, 0.15) is 36.9 Å². The highest BCUT2D eigenvalue weighted by Gasteiger charge is 2.11. The van der Waals surface area contributed by atoms with Crippen LogP contribution in [0.25, 0.3) is 0 Å². The maximum absolute atomic E-state index is 11.7. The van der Waals surface area contributed by atoms with Gasteiger partial charge in [0.05, 0.1) is 6.26 Å². The van der Waals surface area contributed by atoms with Crippen molar-refractivity contribution in [3.8, 4) is 5.75 Å². The van der Waals surface area contributed by atoms with Crippen LogP contribution in [0, 0.1) is 0 Å². The van der Waals surface area contributed by atoms with Gasteiger partial charge in [-0.15, -0.1) is 0 Å². The third-order valence-corrected chi connectivity index (χ3v) is 2.55. The van der Waals surface area contributed by atoms with Gasteiger partial charge in [-0.05, 0) is 50.6 Å². The molecular weight excluding hydrogens is 254 g/mol. The molecule has 1 amide bonds. The van der Waals surface area contributed by atoms with Crippen LogP contribution in [-0.4, -0.2) is 11.5 Å². The third-order valence-electron chi connectivity index (χ3n) is 2.55. The zero-order chi connectivity index (χ0) is 14.6. The number of benzene rings is 1. The van der Waals surface area contributed by atoms with Gasteiger partial charge in [0.1, 0.15) is 11.4 Å². The van der Waals surface area contributed by atoms with Gasteiger partial charge in [-0.1, -0.05) is 12.1 Å². The number of carbonyl (C=O) groups excluding carboxylic acids is 1. The van der Waals surface area contributed by atoms with E-state index in [2.05, 4.69) is 5.32 Å². The van der Waals surface area contributed by atoms with Gasteiger partial charge in [0.15, 0.2) is 5.76 Å². The van der Waals surface area contributed by atoms with Gasteiger partial charge >= 0.3 is 0 Å². The van der Waals surface area contributed by atoms with E-state index >= 15 is 0 Å². The summed E-state index contributed by atoms with van der Waals surface area (Å²) in [5, 5.41) is 2.80. The SMILES string of the molecule is CC(C)(C)Oc1ccc(CNC(=O)c2ccco2)cc1. The molecule has 0 aliphatic heterocycles. The van der Waals surface area contributed by atoms with Crippen molar-refractivity contribution < 1.29 is 13.9 Å². The highest BCUT2D eigenvalue weighted by molar-refractivity contribution is 5.91. The Morgan fingerprint density at radius 2 is 1.90 bits per heavy atom. The van der Waals surface area contributed by atoms with Crippen molar-refractivity contribution >= 4 is 5.91 Å². The minimum atomic E-state index is -0.218. The first kappa shape index (κ1) is 14.2. The molecule has 4 nitrogen and oxygen atoms in total. The average Bonchev–Trinajstić information content (AvgIpc) is 2.89. The average molecular weight is 273 g/mol. The van der Waals surface area contributed by atoms with E-state index in [1.807, 2.05) is 45.0 Å². The second-order valence-electron chi connectivity index (χ2n) is 5.52. The summed E-state index contributed by atoms with van der Waals surface area (Å²) in [5.41, 5.74) is 0.792. The molecule has 0 aliphatic rings. The molecule has 0 unspecified atom stereocenters. The molecule has 2 rings (SSSR count). The first-order valence-electron chi connectivity index (χ1n) is 6.54. The van der Waals surface area contributed by atoms with Gasteiger partial charge in [0.25, 0.3) is 5.91 Å². The van der Waals surface area contributed by atoms with Crippen LogP contribution in [0.3, 0.4) is 0 Å².